The van der Waals surface area contributed by atoms with E-state index in [0.29, 0.717) is 24.1 Å². The van der Waals surface area contributed by atoms with Gasteiger partial charge in [-0.3, -0.25) is 4.79 Å². The average molecular weight is 392 g/mol. The number of carbonyl (C=O) groups is 1. The second kappa shape index (κ2) is 7.02. The number of aliphatic hydroxyl groups is 1. The summed E-state index contributed by atoms with van der Waals surface area (Å²) in [4.78, 5) is 16.6. The molecule has 0 unspecified atom stereocenters. The molecule has 2 aromatic rings. The fourth-order valence-electron chi connectivity index (χ4n) is 2.97. The molecule has 27 heavy (non-hydrogen) atoms. The summed E-state index contributed by atoms with van der Waals surface area (Å²) < 4.78 is 31.7. The van der Waals surface area contributed by atoms with Crippen molar-refractivity contribution in [2.75, 3.05) is 13.1 Å². The number of amides is 1. The predicted molar refractivity (Wildman–Crippen MR) is 93.3 cm³/mol. The third-order valence-corrected chi connectivity index (χ3v) is 6.54. The van der Waals surface area contributed by atoms with Crippen LogP contribution in [-0.4, -0.2) is 53.1 Å². The number of β-amino-alcohol motifs (C(OH)–C–C–N with tert-alkyl or cyclic N) is 1. The minimum absolute atomic E-state index is 0.0276. The van der Waals surface area contributed by atoms with Crippen LogP contribution in [0.25, 0.3) is 0 Å². The highest BCUT2D eigenvalue weighted by atomic mass is 32.2. The van der Waals surface area contributed by atoms with Crippen molar-refractivity contribution in [2.45, 2.75) is 42.7 Å². The number of sulfonamides is 1. The van der Waals surface area contributed by atoms with Gasteiger partial charge in [-0.1, -0.05) is 11.2 Å². The molecular weight excluding hydrogens is 372 g/mol. The van der Waals surface area contributed by atoms with E-state index in [1.807, 2.05) is 0 Å². The van der Waals surface area contributed by atoms with E-state index in [4.69, 9.17) is 4.52 Å². The molecule has 2 heterocycles. The molecule has 144 valence electrons. The molecule has 0 radical (unpaired) electrons. The maximum atomic E-state index is 12.7. The van der Waals surface area contributed by atoms with Gasteiger partial charge < -0.3 is 14.9 Å². The number of rotatable bonds is 6. The molecule has 0 bridgehead atoms. The largest absolute Gasteiger partial charge is 0.392 e. The van der Waals surface area contributed by atoms with E-state index in [9.17, 15) is 18.3 Å². The lowest BCUT2D eigenvalue weighted by Crippen LogP contribution is -2.30. The van der Waals surface area contributed by atoms with E-state index in [1.54, 1.807) is 6.07 Å². The number of carbonyl (C=O) groups excluding carboxylic acids is 1. The molecule has 1 aliphatic heterocycles. The maximum absolute atomic E-state index is 12.7. The number of nitrogens with zero attached hydrogens (tertiary/aromatic N) is 3. The summed E-state index contributed by atoms with van der Waals surface area (Å²) in [6.07, 6.45) is 1.85. The van der Waals surface area contributed by atoms with Crippen LogP contribution in [0.2, 0.25) is 0 Å². The second-order valence-corrected chi connectivity index (χ2v) is 8.78. The van der Waals surface area contributed by atoms with Gasteiger partial charge in [-0.2, -0.15) is 9.29 Å². The number of aliphatic hydroxyl groups excluding tert-OH is 1. The molecule has 1 aromatic carbocycles. The Morgan fingerprint density at radius 2 is 2.15 bits per heavy atom. The Hall–Kier alpha value is -2.30. The fraction of sp³-hybridized carbons (Fsp3) is 0.471. The predicted octanol–water partition coefficient (Wildman–Crippen LogP) is 0.632. The number of hydrogen-bond donors (Lipinski definition) is 2. The first-order valence-electron chi connectivity index (χ1n) is 8.82. The Balaban J connectivity index is 1.43. The van der Waals surface area contributed by atoms with Gasteiger partial charge in [0.1, 0.15) is 0 Å². The zero-order valence-corrected chi connectivity index (χ0v) is 15.4. The molecule has 2 aliphatic rings. The molecule has 0 spiro atoms. The van der Waals surface area contributed by atoms with E-state index >= 15 is 0 Å². The monoisotopic (exact) mass is 392 g/mol. The van der Waals surface area contributed by atoms with Crippen molar-refractivity contribution in [3.63, 3.8) is 0 Å². The molecule has 1 aliphatic carbocycles. The molecule has 1 amide bonds. The minimum Gasteiger partial charge on any atom is -0.392 e. The quantitative estimate of drug-likeness (QED) is 0.738. The Kier molecular flexibility index (Phi) is 4.70. The highest BCUT2D eigenvalue weighted by molar-refractivity contribution is 7.89. The van der Waals surface area contributed by atoms with Crippen LogP contribution in [0.15, 0.2) is 33.7 Å². The number of nitrogens with one attached hydrogen (secondary N) is 1. The lowest BCUT2D eigenvalue weighted by molar-refractivity contribution is 0.0949. The van der Waals surface area contributed by atoms with Crippen molar-refractivity contribution >= 4 is 15.9 Å². The van der Waals surface area contributed by atoms with Crippen molar-refractivity contribution in [3.8, 4) is 0 Å². The smallest absolute Gasteiger partial charge is 0.251 e. The summed E-state index contributed by atoms with van der Waals surface area (Å²) in [7, 11) is -3.74. The molecule has 10 heteroatoms. The summed E-state index contributed by atoms with van der Waals surface area (Å²) in [5, 5.41) is 16.1. The van der Waals surface area contributed by atoms with Gasteiger partial charge in [0.15, 0.2) is 5.82 Å². The van der Waals surface area contributed by atoms with Gasteiger partial charge >= 0.3 is 0 Å². The molecule has 1 atom stereocenters. The first-order chi connectivity index (χ1) is 12.9. The van der Waals surface area contributed by atoms with Crippen LogP contribution in [-0.2, 0) is 16.6 Å². The first-order valence-corrected chi connectivity index (χ1v) is 10.3. The molecule has 2 N–H and O–H groups in total. The van der Waals surface area contributed by atoms with Crippen LogP contribution in [0.3, 0.4) is 0 Å². The van der Waals surface area contributed by atoms with Gasteiger partial charge in [0.05, 0.1) is 17.5 Å². The van der Waals surface area contributed by atoms with Gasteiger partial charge in [0.2, 0.25) is 15.9 Å². The molecule has 4 rings (SSSR count). The van der Waals surface area contributed by atoms with Gasteiger partial charge in [0.25, 0.3) is 5.91 Å². The van der Waals surface area contributed by atoms with Gasteiger partial charge in [0, 0.05) is 24.6 Å². The second-order valence-electron chi connectivity index (χ2n) is 6.84. The Labute approximate surface area is 156 Å². The van der Waals surface area contributed by atoms with E-state index < -0.39 is 22.0 Å². The van der Waals surface area contributed by atoms with Crippen LogP contribution in [0, 0.1) is 0 Å². The highest BCUT2D eigenvalue weighted by Gasteiger charge is 2.32. The lowest BCUT2D eigenvalue weighted by Gasteiger charge is -2.16. The molecule has 1 saturated heterocycles. The summed E-state index contributed by atoms with van der Waals surface area (Å²) in [5.41, 5.74) is 0.224. The van der Waals surface area contributed by atoms with Crippen molar-refractivity contribution in [1.29, 1.82) is 0 Å². The maximum Gasteiger partial charge on any atom is 0.251 e. The number of benzene rings is 1. The third kappa shape index (κ3) is 3.87. The van der Waals surface area contributed by atoms with Crippen molar-refractivity contribution < 1.29 is 22.8 Å². The van der Waals surface area contributed by atoms with Crippen LogP contribution in [0.1, 0.15) is 47.3 Å². The third-order valence-electron chi connectivity index (χ3n) is 4.68. The Bertz CT molecular complexity index is 954. The summed E-state index contributed by atoms with van der Waals surface area (Å²) >= 11 is 0. The molecule has 2 fully saturated rings. The van der Waals surface area contributed by atoms with Gasteiger partial charge in [-0.25, -0.2) is 8.42 Å². The minimum atomic E-state index is -3.74. The lowest BCUT2D eigenvalue weighted by atomic mass is 10.2. The number of hydrogen-bond acceptors (Lipinski definition) is 7. The molecule has 1 aromatic heterocycles. The van der Waals surface area contributed by atoms with Crippen LogP contribution >= 0.6 is 0 Å². The number of aromatic nitrogens is 2. The van der Waals surface area contributed by atoms with Crippen molar-refractivity contribution in [3.05, 3.63) is 41.5 Å². The summed E-state index contributed by atoms with van der Waals surface area (Å²) in [6, 6.07) is 5.84. The van der Waals surface area contributed by atoms with Gasteiger partial charge in [-0.05, 0) is 37.5 Å². The fourth-order valence-corrected chi connectivity index (χ4v) is 4.51. The molecule has 9 nitrogen and oxygen atoms in total. The first kappa shape index (κ1) is 18.1. The van der Waals surface area contributed by atoms with Crippen LogP contribution in [0.5, 0.6) is 0 Å². The Morgan fingerprint density at radius 1 is 1.33 bits per heavy atom. The topological polar surface area (TPSA) is 126 Å². The standard InChI is InChI=1S/C17H20N4O5S/c22-13-6-7-21(10-13)27(24,25)14-3-1-2-12(8-14)16(23)18-9-15-19-17(26-20-15)11-4-5-11/h1-3,8,11,13,22H,4-7,9-10H2,(H,18,23)/t13-/m1/s1. The van der Waals surface area contributed by atoms with E-state index in [0.717, 1.165) is 12.8 Å². The van der Waals surface area contributed by atoms with E-state index in [2.05, 4.69) is 15.5 Å². The summed E-state index contributed by atoms with van der Waals surface area (Å²) in [6.45, 7) is 0.436. The Morgan fingerprint density at radius 3 is 2.85 bits per heavy atom. The SMILES string of the molecule is O=C(NCc1noc(C2CC2)n1)c1cccc(S(=O)(=O)N2CC[C@@H](O)C2)c1. The average Bonchev–Trinajstić information content (AvgIpc) is 3.24. The van der Waals surface area contributed by atoms with E-state index in [-0.39, 0.29) is 30.1 Å². The van der Waals surface area contributed by atoms with Crippen molar-refractivity contribution in [2.24, 2.45) is 0 Å². The zero-order chi connectivity index (χ0) is 19.0. The molecule has 1 saturated carbocycles. The van der Waals surface area contributed by atoms with Crippen LogP contribution in [0.4, 0.5) is 0 Å². The van der Waals surface area contributed by atoms with Crippen molar-refractivity contribution in [1.82, 2.24) is 19.8 Å². The normalized spacial score (nSPS) is 20.7. The summed E-state index contributed by atoms with van der Waals surface area (Å²) in [5.74, 6) is 0.902. The van der Waals surface area contributed by atoms with Gasteiger partial charge in [-0.15, -0.1) is 0 Å². The van der Waals surface area contributed by atoms with Crippen LogP contribution < -0.4 is 5.32 Å². The zero-order valence-electron chi connectivity index (χ0n) is 14.5. The highest BCUT2D eigenvalue weighted by Crippen LogP contribution is 2.38. The van der Waals surface area contributed by atoms with E-state index in [1.165, 1.54) is 22.5 Å². The molecular formula is C17H20N4O5S.